The summed E-state index contributed by atoms with van der Waals surface area (Å²) in [6, 6.07) is 31.2. The first kappa shape index (κ1) is 23.7. The fraction of sp³-hybridized carbons (Fsp3) is 0. The number of anilines is 1. The van der Waals surface area contributed by atoms with Crippen LogP contribution in [0.3, 0.4) is 0 Å². The number of aliphatic imine (C=N–C) groups is 1. The molecule has 1 fully saturated rings. The third kappa shape index (κ3) is 5.09. The number of aromatic nitrogens is 1. The number of amides is 1. The van der Waals surface area contributed by atoms with Crippen molar-refractivity contribution in [2.75, 3.05) is 4.90 Å². The highest BCUT2D eigenvalue weighted by atomic mass is 79.9. The SMILES string of the molecule is O=C1/C(=C\c2ccc(-c3ccc(Br)cc3)o2)S/C(=N/c2nc(-c3ccccc3)cs2)N1c1ccccc1. The molecule has 5 aromatic rings. The highest BCUT2D eigenvalue weighted by Crippen LogP contribution is 2.38. The van der Waals surface area contributed by atoms with Gasteiger partial charge in [0.2, 0.25) is 5.13 Å². The van der Waals surface area contributed by atoms with Gasteiger partial charge >= 0.3 is 0 Å². The van der Waals surface area contributed by atoms with Crippen LogP contribution in [-0.4, -0.2) is 16.1 Å². The Balaban J connectivity index is 1.34. The van der Waals surface area contributed by atoms with Gasteiger partial charge in [-0.1, -0.05) is 76.6 Å². The zero-order chi connectivity index (χ0) is 25.2. The highest BCUT2D eigenvalue weighted by molar-refractivity contribution is 9.10. The lowest BCUT2D eigenvalue weighted by Crippen LogP contribution is -2.28. The van der Waals surface area contributed by atoms with Crippen molar-refractivity contribution in [2.24, 2.45) is 4.99 Å². The van der Waals surface area contributed by atoms with Crippen molar-refractivity contribution in [1.29, 1.82) is 0 Å². The molecule has 180 valence electrons. The first-order valence-corrected chi connectivity index (χ1v) is 13.9. The number of amidine groups is 1. The second-order valence-electron chi connectivity index (χ2n) is 8.07. The first-order valence-electron chi connectivity index (χ1n) is 11.4. The molecule has 1 saturated heterocycles. The van der Waals surface area contributed by atoms with E-state index in [9.17, 15) is 4.79 Å². The van der Waals surface area contributed by atoms with Crippen LogP contribution >= 0.6 is 39.0 Å². The van der Waals surface area contributed by atoms with Gasteiger partial charge in [-0.2, -0.15) is 4.99 Å². The molecule has 0 saturated carbocycles. The van der Waals surface area contributed by atoms with Crippen LogP contribution in [0, 0.1) is 0 Å². The van der Waals surface area contributed by atoms with Crippen LogP contribution in [0.4, 0.5) is 10.8 Å². The summed E-state index contributed by atoms with van der Waals surface area (Å²) in [5.41, 5.74) is 3.60. The predicted molar refractivity (Wildman–Crippen MR) is 156 cm³/mol. The molecule has 1 aliphatic rings. The Morgan fingerprint density at radius 3 is 2.35 bits per heavy atom. The lowest BCUT2D eigenvalue weighted by molar-refractivity contribution is -0.113. The molecule has 37 heavy (non-hydrogen) atoms. The van der Waals surface area contributed by atoms with E-state index < -0.39 is 0 Å². The summed E-state index contributed by atoms with van der Waals surface area (Å²) >= 11 is 6.21. The van der Waals surface area contributed by atoms with Crippen LogP contribution in [0.15, 0.2) is 121 Å². The van der Waals surface area contributed by atoms with Crippen LogP contribution in [0.5, 0.6) is 0 Å². The summed E-state index contributed by atoms with van der Waals surface area (Å²) in [6.45, 7) is 0. The molecule has 0 N–H and O–H groups in total. The van der Waals surface area contributed by atoms with Crippen LogP contribution in [0.2, 0.25) is 0 Å². The third-order valence-electron chi connectivity index (χ3n) is 5.60. The Morgan fingerprint density at radius 2 is 1.59 bits per heavy atom. The molecule has 8 heteroatoms. The maximum absolute atomic E-state index is 13.5. The molecule has 1 aliphatic heterocycles. The van der Waals surface area contributed by atoms with Crippen molar-refractivity contribution < 1.29 is 9.21 Å². The molecule has 0 aliphatic carbocycles. The molecule has 0 radical (unpaired) electrons. The lowest BCUT2D eigenvalue weighted by Gasteiger charge is -2.14. The van der Waals surface area contributed by atoms with E-state index in [0.29, 0.717) is 21.0 Å². The predicted octanol–water partition coefficient (Wildman–Crippen LogP) is 8.64. The summed E-state index contributed by atoms with van der Waals surface area (Å²) < 4.78 is 7.04. The Morgan fingerprint density at radius 1 is 0.865 bits per heavy atom. The number of thioether (sulfide) groups is 1. The van der Waals surface area contributed by atoms with Gasteiger partial charge in [0.15, 0.2) is 5.17 Å². The second kappa shape index (κ2) is 10.3. The second-order valence-corrected chi connectivity index (χ2v) is 10.8. The maximum atomic E-state index is 13.5. The van der Waals surface area contributed by atoms with Gasteiger partial charge in [0.25, 0.3) is 5.91 Å². The quantitative estimate of drug-likeness (QED) is 0.194. The number of hydrogen-bond acceptors (Lipinski definition) is 6. The van der Waals surface area contributed by atoms with E-state index in [0.717, 1.165) is 32.7 Å². The van der Waals surface area contributed by atoms with E-state index in [1.807, 2.05) is 102 Å². The number of para-hydroxylation sites is 1. The summed E-state index contributed by atoms with van der Waals surface area (Å²) in [5.74, 6) is 1.18. The van der Waals surface area contributed by atoms with Gasteiger partial charge in [0, 0.05) is 27.1 Å². The minimum Gasteiger partial charge on any atom is -0.457 e. The number of nitrogens with zero attached hydrogens (tertiary/aromatic N) is 3. The van der Waals surface area contributed by atoms with E-state index >= 15 is 0 Å². The normalized spacial score (nSPS) is 15.7. The first-order chi connectivity index (χ1) is 18.1. The van der Waals surface area contributed by atoms with Gasteiger partial charge in [0.1, 0.15) is 11.5 Å². The average molecular weight is 585 g/mol. The van der Waals surface area contributed by atoms with Crippen LogP contribution in [-0.2, 0) is 4.79 Å². The van der Waals surface area contributed by atoms with Crippen molar-refractivity contribution in [3.8, 4) is 22.6 Å². The minimum absolute atomic E-state index is 0.156. The van der Waals surface area contributed by atoms with Crippen molar-refractivity contribution in [2.45, 2.75) is 0 Å². The monoisotopic (exact) mass is 583 g/mol. The molecule has 5 nitrogen and oxygen atoms in total. The zero-order valence-corrected chi connectivity index (χ0v) is 22.5. The Bertz CT molecular complexity index is 1620. The number of rotatable bonds is 5. The molecule has 0 bridgehead atoms. The van der Waals surface area contributed by atoms with Crippen molar-refractivity contribution >= 4 is 67.0 Å². The molecule has 0 spiro atoms. The van der Waals surface area contributed by atoms with Gasteiger partial charge in [-0.25, -0.2) is 4.98 Å². The summed E-state index contributed by atoms with van der Waals surface area (Å²) in [6.07, 6.45) is 1.77. The van der Waals surface area contributed by atoms with E-state index in [-0.39, 0.29) is 5.91 Å². The number of carbonyl (C=O) groups excluding carboxylic acids is 1. The summed E-state index contributed by atoms with van der Waals surface area (Å²) in [7, 11) is 0. The maximum Gasteiger partial charge on any atom is 0.271 e. The number of furan rings is 1. The molecule has 0 atom stereocenters. The van der Waals surface area contributed by atoms with E-state index in [1.165, 1.54) is 23.1 Å². The lowest BCUT2D eigenvalue weighted by atomic mass is 10.2. The Kier molecular flexibility index (Phi) is 6.61. The van der Waals surface area contributed by atoms with E-state index in [4.69, 9.17) is 9.41 Å². The topological polar surface area (TPSA) is 58.7 Å². The number of hydrogen-bond donors (Lipinski definition) is 0. The largest absolute Gasteiger partial charge is 0.457 e. The molecule has 1 amide bonds. The van der Waals surface area contributed by atoms with Crippen molar-refractivity contribution in [3.05, 3.63) is 118 Å². The highest BCUT2D eigenvalue weighted by Gasteiger charge is 2.35. The molecular weight excluding hydrogens is 566 g/mol. The Labute approximate surface area is 230 Å². The van der Waals surface area contributed by atoms with E-state index in [2.05, 4.69) is 20.9 Å². The van der Waals surface area contributed by atoms with Crippen molar-refractivity contribution in [1.82, 2.24) is 4.98 Å². The number of halogens is 1. The number of carbonyl (C=O) groups is 1. The van der Waals surface area contributed by atoms with Gasteiger partial charge in [-0.15, -0.1) is 11.3 Å². The summed E-state index contributed by atoms with van der Waals surface area (Å²) in [4.78, 5) is 25.2. The van der Waals surface area contributed by atoms with Gasteiger partial charge in [-0.05, 0) is 48.2 Å². The summed E-state index contributed by atoms with van der Waals surface area (Å²) in [5, 5.41) is 3.12. The van der Waals surface area contributed by atoms with Gasteiger partial charge < -0.3 is 4.42 Å². The molecular formula is C29H18BrN3O2S2. The van der Waals surface area contributed by atoms with E-state index in [1.54, 1.807) is 11.0 Å². The van der Waals surface area contributed by atoms with Crippen LogP contribution < -0.4 is 4.90 Å². The van der Waals surface area contributed by atoms with Crippen LogP contribution in [0.1, 0.15) is 5.76 Å². The molecule has 6 rings (SSSR count). The fourth-order valence-corrected chi connectivity index (χ4v) is 5.80. The molecule has 2 aromatic heterocycles. The Hall–Kier alpha value is -3.72. The standard InChI is InChI=1S/C29H18BrN3O2S2/c30-21-13-11-20(12-14-21)25-16-15-23(35-25)17-26-27(34)33(22-9-5-2-6-10-22)29(37-26)32-28-31-24(18-36-28)19-7-3-1-4-8-19/h1-18H/b26-17+,32-29+. The van der Waals surface area contributed by atoms with Gasteiger partial charge in [0.05, 0.1) is 16.3 Å². The van der Waals surface area contributed by atoms with Crippen molar-refractivity contribution in [3.63, 3.8) is 0 Å². The average Bonchev–Trinajstić information content (AvgIpc) is 3.66. The number of thiazole rings is 1. The smallest absolute Gasteiger partial charge is 0.271 e. The molecule has 3 aromatic carbocycles. The fourth-order valence-electron chi connectivity index (χ4n) is 3.82. The van der Waals surface area contributed by atoms with Gasteiger partial charge in [-0.3, -0.25) is 9.69 Å². The van der Waals surface area contributed by atoms with Crippen LogP contribution in [0.25, 0.3) is 28.7 Å². The third-order valence-corrected chi connectivity index (χ3v) is 7.83. The zero-order valence-electron chi connectivity index (χ0n) is 19.2. The number of benzene rings is 3. The minimum atomic E-state index is -0.156. The molecule has 0 unspecified atom stereocenters. The molecule has 3 heterocycles.